The first kappa shape index (κ1) is 14.7. The second-order valence-electron chi connectivity index (χ2n) is 4.78. The number of carbonyl (C=O) groups is 1. The zero-order chi connectivity index (χ0) is 15.7. The number of rotatable bonds is 3. The van der Waals surface area contributed by atoms with Crippen molar-refractivity contribution >= 4 is 33.8 Å². The third kappa shape index (κ3) is 2.75. The summed E-state index contributed by atoms with van der Waals surface area (Å²) < 4.78 is 1.36. The number of carbonyl (C=O) groups excluding carboxylic acids is 1. The summed E-state index contributed by atoms with van der Waals surface area (Å²) in [6.07, 6.45) is 2.92. The molecule has 0 aliphatic carbocycles. The Balaban J connectivity index is 1.87. The second kappa shape index (κ2) is 5.90. The molecule has 0 aliphatic rings. The molecular weight excluding hydrogens is 322 g/mol. The average Bonchev–Trinajstić information content (AvgIpc) is 2.97. The number of thiazole rings is 1. The van der Waals surface area contributed by atoms with Crippen LogP contribution in [-0.2, 0) is 0 Å². The van der Waals surface area contributed by atoms with Gasteiger partial charge in [0.2, 0.25) is 0 Å². The van der Waals surface area contributed by atoms with Crippen LogP contribution in [0.15, 0.2) is 46.8 Å². The van der Waals surface area contributed by atoms with Gasteiger partial charge in [-0.05, 0) is 24.6 Å². The van der Waals surface area contributed by atoms with E-state index in [0.29, 0.717) is 9.98 Å². The van der Waals surface area contributed by atoms with Crippen molar-refractivity contribution in [3.05, 3.63) is 68.5 Å². The van der Waals surface area contributed by atoms with E-state index in [1.54, 1.807) is 23.7 Å². The standard InChI is InChI=1S/C15H12ClN3O2S/c1-9(10-3-2-4-11(16)7-10)18-13(20)12-8-17-15-19(14(12)21)5-6-22-15/h2-9H,1H3,(H,18,20). The Morgan fingerprint density at radius 2 is 2.27 bits per heavy atom. The van der Waals surface area contributed by atoms with Crippen molar-refractivity contribution in [3.8, 4) is 0 Å². The van der Waals surface area contributed by atoms with Gasteiger partial charge in [-0.2, -0.15) is 0 Å². The molecule has 1 amide bonds. The summed E-state index contributed by atoms with van der Waals surface area (Å²) in [5.74, 6) is -0.453. The lowest BCUT2D eigenvalue weighted by molar-refractivity contribution is 0.0938. The minimum Gasteiger partial charge on any atom is -0.345 e. The Hall–Kier alpha value is -2.18. The number of halogens is 1. The van der Waals surface area contributed by atoms with Gasteiger partial charge in [-0.1, -0.05) is 23.7 Å². The fourth-order valence-corrected chi connectivity index (χ4v) is 2.99. The van der Waals surface area contributed by atoms with E-state index >= 15 is 0 Å². The quantitative estimate of drug-likeness (QED) is 0.801. The average molecular weight is 334 g/mol. The van der Waals surface area contributed by atoms with Crippen molar-refractivity contribution in [3.63, 3.8) is 0 Å². The molecule has 22 heavy (non-hydrogen) atoms. The highest BCUT2D eigenvalue weighted by Crippen LogP contribution is 2.17. The zero-order valence-electron chi connectivity index (χ0n) is 11.6. The van der Waals surface area contributed by atoms with Crippen LogP contribution in [0.1, 0.15) is 28.9 Å². The van der Waals surface area contributed by atoms with Crippen LogP contribution in [0.4, 0.5) is 0 Å². The number of benzene rings is 1. The molecule has 1 atom stereocenters. The third-order valence-electron chi connectivity index (χ3n) is 3.28. The Bertz CT molecular complexity index is 903. The molecule has 5 nitrogen and oxygen atoms in total. The van der Waals surface area contributed by atoms with Gasteiger partial charge in [0.1, 0.15) is 5.56 Å². The fourth-order valence-electron chi connectivity index (χ4n) is 2.11. The molecule has 0 spiro atoms. The van der Waals surface area contributed by atoms with E-state index in [0.717, 1.165) is 5.56 Å². The van der Waals surface area contributed by atoms with E-state index in [4.69, 9.17) is 11.6 Å². The van der Waals surface area contributed by atoms with Crippen molar-refractivity contribution in [1.82, 2.24) is 14.7 Å². The summed E-state index contributed by atoms with van der Waals surface area (Å²) in [7, 11) is 0. The number of nitrogens with zero attached hydrogens (tertiary/aromatic N) is 2. The first-order valence-corrected chi connectivity index (χ1v) is 7.83. The predicted octanol–water partition coefficient (Wildman–Crippen LogP) is 2.90. The lowest BCUT2D eigenvalue weighted by Crippen LogP contribution is -2.32. The summed E-state index contributed by atoms with van der Waals surface area (Å²) in [6, 6.07) is 6.95. The summed E-state index contributed by atoms with van der Waals surface area (Å²) in [5, 5.41) is 5.14. The van der Waals surface area contributed by atoms with Crippen molar-refractivity contribution in [2.45, 2.75) is 13.0 Å². The number of fused-ring (bicyclic) bond motifs is 1. The van der Waals surface area contributed by atoms with Gasteiger partial charge in [0.15, 0.2) is 4.96 Å². The van der Waals surface area contributed by atoms with Crippen LogP contribution < -0.4 is 10.9 Å². The van der Waals surface area contributed by atoms with Crippen molar-refractivity contribution in [1.29, 1.82) is 0 Å². The predicted molar refractivity (Wildman–Crippen MR) is 86.7 cm³/mol. The number of hydrogen-bond donors (Lipinski definition) is 1. The Morgan fingerprint density at radius 3 is 3.05 bits per heavy atom. The molecule has 0 saturated carbocycles. The maximum atomic E-state index is 12.3. The maximum absolute atomic E-state index is 12.3. The Morgan fingerprint density at radius 1 is 1.45 bits per heavy atom. The highest BCUT2D eigenvalue weighted by molar-refractivity contribution is 7.15. The molecule has 3 aromatic rings. The molecule has 0 fully saturated rings. The van der Waals surface area contributed by atoms with Gasteiger partial charge in [-0.25, -0.2) is 4.98 Å². The van der Waals surface area contributed by atoms with Crippen LogP contribution in [0.5, 0.6) is 0 Å². The van der Waals surface area contributed by atoms with Gasteiger partial charge in [-0.15, -0.1) is 11.3 Å². The van der Waals surface area contributed by atoms with E-state index in [-0.39, 0.29) is 17.2 Å². The van der Waals surface area contributed by atoms with Gasteiger partial charge < -0.3 is 5.32 Å². The normalized spacial score (nSPS) is 12.3. The molecule has 1 unspecified atom stereocenters. The zero-order valence-corrected chi connectivity index (χ0v) is 13.2. The van der Waals surface area contributed by atoms with E-state index < -0.39 is 5.91 Å². The van der Waals surface area contributed by atoms with Crippen LogP contribution in [0.2, 0.25) is 5.02 Å². The molecule has 1 aromatic carbocycles. The van der Waals surface area contributed by atoms with Gasteiger partial charge in [0.25, 0.3) is 11.5 Å². The van der Waals surface area contributed by atoms with E-state index in [2.05, 4.69) is 10.3 Å². The van der Waals surface area contributed by atoms with Crippen LogP contribution in [-0.4, -0.2) is 15.3 Å². The molecule has 7 heteroatoms. The Labute approximate surface area is 135 Å². The fraction of sp³-hybridized carbons (Fsp3) is 0.133. The lowest BCUT2D eigenvalue weighted by Gasteiger charge is -2.14. The monoisotopic (exact) mass is 333 g/mol. The number of nitrogens with one attached hydrogen (secondary N) is 1. The summed E-state index contributed by atoms with van der Waals surface area (Å²) in [5.41, 5.74) is 0.511. The molecule has 0 aliphatic heterocycles. The topological polar surface area (TPSA) is 63.5 Å². The van der Waals surface area contributed by atoms with Gasteiger partial charge in [0.05, 0.1) is 6.04 Å². The molecular formula is C15H12ClN3O2S. The summed E-state index contributed by atoms with van der Waals surface area (Å²) >= 11 is 7.29. The Kier molecular flexibility index (Phi) is 3.96. The van der Waals surface area contributed by atoms with Gasteiger partial charge in [0, 0.05) is 22.8 Å². The number of hydrogen-bond acceptors (Lipinski definition) is 4. The minimum absolute atomic E-state index is 0.0183. The molecule has 0 saturated heterocycles. The van der Waals surface area contributed by atoms with E-state index in [1.165, 1.54) is 21.9 Å². The van der Waals surface area contributed by atoms with E-state index in [1.807, 2.05) is 19.1 Å². The highest BCUT2D eigenvalue weighted by atomic mass is 35.5. The first-order chi connectivity index (χ1) is 10.6. The number of amides is 1. The second-order valence-corrected chi connectivity index (χ2v) is 6.09. The van der Waals surface area contributed by atoms with Crippen molar-refractivity contribution in [2.24, 2.45) is 0 Å². The number of aromatic nitrogens is 2. The van der Waals surface area contributed by atoms with Gasteiger partial charge in [-0.3, -0.25) is 14.0 Å². The lowest BCUT2D eigenvalue weighted by atomic mass is 10.1. The summed E-state index contributed by atoms with van der Waals surface area (Å²) in [6.45, 7) is 1.83. The molecule has 0 radical (unpaired) electrons. The highest BCUT2D eigenvalue weighted by Gasteiger charge is 2.16. The third-order valence-corrected chi connectivity index (χ3v) is 4.29. The van der Waals surface area contributed by atoms with E-state index in [9.17, 15) is 9.59 Å². The van der Waals surface area contributed by atoms with Crippen LogP contribution in [0.3, 0.4) is 0 Å². The maximum Gasteiger partial charge on any atom is 0.271 e. The molecule has 112 valence electrons. The smallest absolute Gasteiger partial charge is 0.271 e. The first-order valence-electron chi connectivity index (χ1n) is 6.57. The van der Waals surface area contributed by atoms with Gasteiger partial charge >= 0.3 is 0 Å². The van der Waals surface area contributed by atoms with Crippen molar-refractivity contribution in [2.75, 3.05) is 0 Å². The molecule has 0 bridgehead atoms. The molecule has 3 rings (SSSR count). The van der Waals surface area contributed by atoms with Crippen LogP contribution in [0, 0.1) is 0 Å². The molecule has 2 heterocycles. The van der Waals surface area contributed by atoms with Crippen LogP contribution >= 0.6 is 22.9 Å². The molecule has 2 aromatic heterocycles. The summed E-state index contributed by atoms with van der Waals surface area (Å²) in [4.78, 5) is 29.2. The van der Waals surface area contributed by atoms with Crippen molar-refractivity contribution < 1.29 is 4.79 Å². The largest absolute Gasteiger partial charge is 0.345 e. The minimum atomic E-state index is -0.453. The molecule has 1 N–H and O–H groups in total. The van der Waals surface area contributed by atoms with Crippen LogP contribution in [0.25, 0.3) is 4.96 Å². The SMILES string of the molecule is CC(NC(=O)c1cnc2sccn2c1=O)c1cccc(Cl)c1.